The van der Waals surface area contributed by atoms with Gasteiger partial charge < -0.3 is 18.9 Å². The number of aryl methyl sites for hydroxylation is 1. The van der Waals surface area contributed by atoms with Crippen LogP contribution in [0.25, 0.3) is 0 Å². The number of methoxy groups -OCH3 is 4. The van der Waals surface area contributed by atoms with E-state index >= 15 is 0 Å². The van der Waals surface area contributed by atoms with E-state index in [2.05, 4.69) is 12.1 Å². The van der Waals surface area contributed by atoms with Crippen LogP contribution in [0.5, 0.6) is 23.0 Å². The Morgan fingerprint density at radius 3 is 1.84 bits per heavy atom. The molecule has 5 nitrogen and oxygen atoms in total. The molecule has 0 atom stereocenters. The minimum atomic E-state index is 0.121. The number of carbonyl (C=O) groups excluding carboxylic acids is 1. The molecule has 0 amide bonds. The van der Waals surface area contributed by atoms with Crippen molar-refractivity contribution in [3.05, 3.63) is 47.5 Å². The monoisotopic (exact) mass is 442 g/mol. The lowest BCUT2D eigenvalue weighted by Crippen LogP contribution is -2.03. The average molecular weight is 443 g/mol. The molecule has 5 heteroatoms. The number of unbranched alkanes of at least 4 members (excludes halogenated alkanes) is 7. The highest BCUT2D eigenvalue weighted by Crippen LogP contribution is 2.28. The molecule has 176 valence electrons. The van der Waals surface area contributed by atoms with Crippen LogP contribution in [0.1, 0.15) is 73.7 Å². The van der Waals surface area contributed by atoms with Crippen LogP contribution in [0.3, 0.4) is 0 Å². The van der Waals surface area contributed by atoms with E-state index in [0.717, 1.165) is 30.8 Å². The van der Waals surface area contributed by atoms with E-state index in [4.69, 9.17) is 18.9 Å². The van der Waals surface area contributed by atoms with Gasteiger partial charge in [-0.25, -0.2) is 0 Å². The number of carbonyl (C=O) groups is 1. The summed E-state index contributed by atoms with van der Waals surface area (Å²) in [6.07, 6.45) is 11.0. The molecule has 0 heterocycles. The van der Waals surface area contributed by atoms with Gasteiger partial charge in [0.1, 0.15) is 11.5 Å². The molecule has 32 heavy (non-hydrogen) atoms. The van der Waals surface area contributed by atoms with Gasteiger partial charge in [0.25, 0.3) is 0 Å². The lowest BCUT2D eigenvalue weighted by atomic mass is 10.0. The molecule has 0 spiro atoms. The topological polar surface area (TPSA) is 54.0 Å². The fourth-order valence-corrected chi connectivity index (χ4v) is 3.88. The summed E-state index contributed by atoms with van der Waals surface area (Å²) in [5.41, 5.74) is 1.90. The highest BCUT2D eigenvalue weighted by Gasteiger charge is 2.13. The van der Waals surface area contributed by atoms with E-state index < -0.39 is 0 Å². The van der Waals surface area contributed by atoms with Crippen LogP contribution >= 0.6 is 0 Å². The number of benzene rings is 2. The van der Waals surface area contributed by atoms with Gasteiger partial charge in [0, 0.05) is 6.42 Å². The number of Topliss-reactive ketones (excluding diaryl/α,β-unsaturated/α-hetero) is 1. The summed E-state index contributed by atoms with van der Waals surface area (Å²) in [5.74, 6) is 2.99. The normalized spacial score (nSPS) is 10.6. The maximum Gasteiger partial charge on any atom is 0.166 e. The first-order chi connectivity index (χ1) is 15.6. The molecule has 2 aromatic carbocycles. The van der Waals surface area contributed by atoms with Crippen LogP contribution in [0, 0.1) is 0 Å². The summed E-state index contributed by atoms with van der Waals surface area (Å²) in [4.78, 5) is 12.5. The van der Waals surface area contributed by atoms with Crippen LogP contribution in [0.2, 0.25) is 0 Å². The Bertz CT molecular complexity index is 831. The third-order valence-corrected chi connectivity index (χ3v) is 5.77. The Hall–Kier alpha value is -2.69. The Morgan fingerprint density at radius 2 is 1.22 bits per heavy atom. The molecule has 0 fully saturated rings. The molecule has 0 aliphatic carbocycles. The largest absolute Gasteiger partial charge is 0.497 e. The van der Waals surface area contributed by atoms with Crippen LogP contribution in [-0.2, 0) is 6.42 Å². The maximum absolute atomic E-state index is 12.5. The lowest BCUT2D eigenvalue weighted by Gasteiger charge is -2.10. The second kappa shape index (κ2) is 14.4. The van der Waals surface area contributed by atoms with E-state index in [9.17, 15) is 4.79 Å². The van der Waals surface area contributed by atoms with Gasteiger partial charge in [-0.1, -0.05) is 44.6 Å². The fourth-order valence-electron chi connectivity index (χ4n) is 3.88. The number of rotatable bonds is 16. The molecule has 0 aromatic heterocycles. The molecule has 0 aliphatic rings. The van der Waals surface area contributed by atoms with Crippen molar-refractivity contribution in [2.75, 3.05) is 28.4 Å². The van der Waals surface area contributed by atoms with Crippen LogP contribution in [0.15, 0.2) is 36.4 Å². The van der Waals surface area contributed by atoms with E-state index in [1.807, 2.05) is 12.1 Å². The molecule has 2 aromatic rings. The fraction of sp³-hybridized carbons (Fsp3) is 0.519. The predicted octanol–water partition coefficient (Wildman–Crippen LogP) is 6.66. The van der Waals surface area contributed by atoms with Crippen molar-refractivity contribution < 1.29 is 23.7 Å². The molecule has 0 bridgehead atoms. The SMILES string of the molecule is COc1ccc(OC)c(C(=O)CCCCCCCCCCc2ccc(OC)c(OC)c2)c1. The van der Waals surface area contributed by atoms with Crippen molar-refractivity contribution in [1.82, 2.24) is 0 Å². The molecule has 0 saturated carbocycles. The summed E-state index contributed by atoms with van der Waals surface area (Å²) in [7, 11) is 6.53. The summed E-state index contributed by atoms with van der Waals surface area (Å²) >= 11 is 0. The zero-order chi connectivity index (χ0) is 23.2. The molecule has 0 N–H and O–H groups in total. The van der Waals surface area contributed by atoms with Gasteiger partial charge in [0.05, 0.1) is 34.0 Å². The zero-order valence-corrected chi connectivity index (χ0v) is 20.1. The first kappa shape index (κ1) is 25.6. The van der Waals surface area contributed by atoms with Gasteiger partial charge in [-0.05, 0) is 55.2 Å². The van der Waals surface area contributed by atoms with Gasteiger partial charge in [-0.2, -0.15) is 0 Å². The number of ketones is 1. The van der Waals surface area contributed by atoms with Crippen molar-refractivity contribution in [2.45, 2.75) is 64.2 Å². The van der Waals surface area contributed by atoms with Crippen molar-refractivity contribution in [1.29, 1.82) is 0 Å². The summed E-state index contributed by atoms with van der Waals surface area (Å²) in [6.45, 7) is 0. The molecule has 0 unspecified atom stereocenters. The Labute approximate surface area is 193 Å². The molecular weight excluding hydrogens is 404 g/mol. The Kier molecular flexibility index (Phi) is 11.5. The van der Waals surface area contributed by atoms with Gasteiger partial charge in [0.2, 0.25) is 0 Å². The highest BCUT2D eigenvalue weighted by molar-refractivity contribution is 5.99. The maximum atomic E-state index is 12.5. The molecule has 2 rings (SSSR count). The average Bonchev–Trinajstić information content (AvgIpc) is 2.84. The third kappa shape index (κ3) is 8.10. The van der Waals surface area contributed by atoms with Crippen LogP contribution in [-0.4, -0.2) is 34.2 Å². The first-order valence-electron chi connectivity index (χ1n) is 11.6. The number of hydrogen-bond acceptors (Lipinski definition) is 5. The van der Waals surface area contributed by atoms with E-state index in [-0.39, 0.29) is 5.78 Å². The van der Waals surface area contributed by atoms with E-state index in [1.54, 1.807) is 40.6 Å². The van der Waals surface area contributed by atoms with Gasteiger partial charge in [0.15, 0.2) is 17.3 Å². The Morgan fingerprint density at radius 1 is 0.625 bits per heavy atom. The van der Waals surface area contributed by atoms with E-state index in [0.29, 0.717) is 23.5 Å². The Balaban J connectivity index is 1.55. The lowest BCUT2D eigenvalue weighted by molar-refractivity contribution is 0.0975. The highest BCUT2D eigenvalue weighted by atomic mass is 16.5. The van der Waals surface area contributed by atoms with E-state index in [1.165, 1.54) is 44.1 Å². The minimum absolute atomic E-state index is 0.121. The second-order valence-electron chi connectivity index (χ2n) is 8.01. The summed E-state index contributed by atoms with van der Waals surface area (Å²) in [5, 5.41) is 0. The van der Waals surface area contributed by atoms with Gasteiger partial charge >= 0.3 is 0 Å². The van der Waals surface area contributed by atoms with Crippen molar-refractivity contribution in [3.63, 3.8) is 0 Å². The first-order valence-corrected chi connectivity index (χ1v) is 11.6. The van der Waals surface area contributed by atoms with Crippen LogP contribution in [0.4, 0.5) is 0 Å². The van der Waals surface area contributed by atoms with Crippen LogP contribution < -0.4 is 18.9 Å². The van der Waals surface area contributed by atoms with Crippen molar-refractivity contribution in [3.8, 4) is 23.0 Å². The third-order valence-electron chi connectivity index (χ3n) is 5.77. The molecule has 0 radical (unpaired) electrons. The molecule has 0 aliphatic heterocycles. The van der Waals surface area contributed by atoms with Gasteiger partial charge in [-0.15, -0.1) is 0 Å². The summed E-state index contributed by atoms with van der Waals surface area (Å²) < 4.78 is 21.2. The van der Waals surface area contributed by atoms with Gasteiger partial charge in [-0.3, -0.25) is 4.79 Å². The number of ether oxygens (including phenoxy) is 4. The molecular formula is C27H38O5. The zero-order valence-electron chi connectivity index (χ0n) is 20.1. The van der Waals surface area contributed by atoms with Crippen molar-refractivity contribution in [2.24, 2.45) is 0 Å². The smallest absolute Gasteiger partial charge is 0.166 e. The summed E-state index contributed by atoms with van der Waals surface area (Å²) in [6, 6.07) is 11.5. The quantitative estimate of drug-likeness (QED) is 0.215. The number of hydrogen-bond donors (Lipinski definition) is 0. The standard InChI is InChI=1S/C27H38O5/c1-29-22-16-18-25(30-2)23(20-22)24(28)14-12-10-8-6-5-7-9-11-13-21-15-17-26(31-3)27(19-21)32-4/h15-20H,5-14H2,1-4H3. The second-order valence-corrected chi connectivity index (χ2v) is 8.01. The predicted molar refractivity (Wildman–Crippen MR) is 129 cm³/mol. The minimum Gasteiger partial charge on any atom is -0.497 e. The molecule has 0 saturated heterocycles. The van der Waals surface area contributed by atoms with Crippen molar-refractivity contribution >= 4 is 5.78 Å².